The smallest absolute Gasteiger partial charge is 0.133 e. The van der Waals surface area contributed by atoms with Crippen LogP contribution in [-0.4, -0.2) is 6.61 Å². The second-order valence-corrected chi connectivity index (χ2v) is 5.23. The summed E-state index contributed by atoms with van der Waals surface area (Å²) in [5, 5.41) is 0. The fraction of sp³-hybridized carbons (Fsp3) is 0.250. The summed E-state index contributed by atoms with van der Waals surface area (Å²) in [5.74, 6) is 0.918. The second-order valence-electron chi connectivity index (χ2n) is 4.37. The van der Waals surface area contributed by atoms with Crippen molar-refractivity contribution in [2.75, 3.05) is 6.61 Å². The van der Waals surface area contributed by atoms with Gasteiger partial charge in [-0.25, -0.2) is 0 Å². The number of hydrogen-bond acceptors (Lipinski definition) is 1. The van der Waals surface area contributed by atoms with Gasteiger partial charge in [0, 0.05) is 0 Å². The lowest BCUT2D eigenvalue weighted by atomic mass is 10.1. The fourth-order valence-corrected chi connectivity index (χ4v) is 2.29. The number of ether oxygens (including phenoxy) is 1. The molecule has 2 aromatic carbocycles. The number of rotatable bonds is 5. The zero-order valence-corrected chi connectivity index (χ0v) is 12.1. The third-order valence-corrected chi connectivity index (χ3v) is 3.44. The molecule has 0 aliphatic rings. The Morgan fingerprint density at radius 2 is 1.89 bits per heavy atom. The van der Waals surface area contributed by atoms with Gasteiger partial charge in [-0.05, 0) is 53.4 Å². The van der Waals surface area contributed by atoms with E-state index < -0.39 is 0 Å². The van der Waals surface area contributed by atoms with Gasteiger partial charge in [-0.1, -0.05) is 42.0 Å². The van der Waals surface area contributed by atoms with Gasteiger partial charge >= 0.3 is 0 Å². The van der Waals surface area contributed by atoms with Crippen LogP contribution in [0, 0.1) is 6.92 Å². The molecule has 0 aliphatic heterocycles. The van der Waals surface area contributed by atoms with Crippen LogP contribution >= 0.6 is 15.9 Å². The summed E-state index contributed by atoms with van der Waals surface area (Å²) in [6.45, 7) is 2.87. The lowest BCUT2D eigenvalue weighted by Gasteiger charge is -2.08. The van der Waals surface area contributed by atoms with Gasteiger partial charge in [-0.15, -0.1) is 0 Å². The van der Waals surface area contributed by atoms with E-state index in [1.807, 2.05) is 24.3 Å². The number of aryl methyl sites for hydroxylation is 2. The maximum Gasteiger partial charge on any atom is 0.133 e. The maximum atomic E-state index is 5.74. The Labute approximate surface area is 117 Å². The van der Waals surface area contributed by atoms with Gasteiger partial charge in [0.2, 0.25) is 0 Å². The van der Waals surface area contributed by atoms with Gasteiger partial charge in [0.15, 0.2) is 0 Å². The van der Waals surface area contributed by atoms with Crippen LogP contribution in [0.4, 0.5) is 0 Å². The largest absolute Gasteiger partial charge is 0.492 e. The molecule has 18 heavy (non-hydrogen) atoms. The quantitative estimate of drug-likeness (QED) is 0.723. The SMILES string of the molecule is Cc1cccc(CCCOc2ccccc2Br)c1. The molecule has 0 amide bonds. The van der Waals surface area contributed by atoms with Crippen molar-refractivity contribution in [2.45, 2.75) is 19.8 Å². The highest BCUT2D eigenvalue weighted by molar-refractivity contribution is 9.10. The average Bonchev–Trinajstić information content (AvgIpc) is 2.37. The van der Waals surface area contributed by atoms with Crippen LogP contribution < -0.4 is 4.74 Å². The summed E-state index contributed by atoms with van der Waals surface area (Å²) in [7, 11) is 0. The minimum absolute atomic E-state index is 0.747. The highest BCUT2D eigenvalue weighted by Gasteiger charge is 1.99. The van der Waals surface area contributed by atoms with Gasteiger partial charge in [0.25, 0.3) is 0 Å². The lowest BCUT2D eigenvalue weighted by molar-refractivity contribution is 0.309. The normalized spacial score (nSPS) is 10.3. The molecule has 0 bridgehead atoms. The lowest BCUT2D eigenvalue weighted by Crippen LogP contribution is -2.00. The number of halogens is 1. The zero-order valence-electron chi connectivity index (χ0n) is 10.5. The Hall–Kier alpha value is -1.28. The van der Waals surface area contributed by atoms with Crippen molar-refractivity contribution in [3.63, 3.8) is 0 Å². The summed E-state index contributed by atoms with van der Waals surface area (Å²) in [6.07, 6.45) is 2.09. The van der Waals surface area contributed by atoms with Crippen LogP contribution in [0.25, 0.3) is 0 Å². The second kappa shape index (κ2) is 6.60. The predicted octanol–water partition coefficient (Wildman–Crippen LogP) is 4.77. The number of benzene rings is 2. The van der Waals surface area contributed by atoms with E-state index in [0.29, 0.717) is 0 Å². The van der Waals surface area contributed by atoms with E-state index in [1.54, 1.807) is 0 Å². The molecule has 2 rings (SSSR count). The molecule has 0 saturated heterocycles. The molecular weight excluding hydrogens is 288 g/mol. The van der Waals surface area contributed by atoms with Crippen molar-refractivity contribution in [3.05, 3.63) is 64.1 Å². The van der Waals surface area contributed by atoms with Gasteiger partial charge in [-0.3, -0.25) is 0 Å². The standard InChI is InChI=1S/C16H17BrO/c1-13-6-4-7-14(12-13)8-5-11-18-16-10-3-2-9-15(16)17/h2-4,6-7,9-10,12H,5,8,11H2,1H3. The third-order valence-electron chi connectivity index (χ3n) is 2.79. The molecule has 1 nitrogen and oxygen atoms in total. The first-order valence-electron chi connectivity index (χ1n) is 6.18. The van der Waals surface area contributed by atoms with E-state index in [4.69, 9.17) is 4.74 Å². The minimum Gasteiger partial charge on any atom is -0.492 e. The Morgan fingerprint density at radius 1 is 1.06 bits per heavy atom. The maximum absolute atomic E-state index is 5.74. The highest BCUT2D eigenvalue weighted by atomic mass is 79.9. The number of para-hydroxylation sites is 1. The van der Waals surface area contributed by atoms with Crippen LogP contribution in [0.3, 0.4) is 0 Å². The molecule has 0 spiro atoms. The van der Waals surface area contributed by atoms with Crippen LogP contribution in [-0.2, 0) is 6.42 Å². The van der Waals surface area contributed by atoms with Crippen molar-refractivity contribution in [2.24, 2.45) is 0 Å². The molecule has 0 N–H and O–H groups in total. The number of hydrogen-bond donors (Lipinski definition) is 0. The van der Waals surface area contributed by atoms with E-state index in [9.17, 15) is 0 Å². The summed E-state index contributed by atoms with van der Waals surface area (Å²) >= 11 is 3.48. The Balaban J connectivity index is 1.78. The molecule has 94 valence electrons. The molecule has 0 aromatic heterocycles. The van der Waals surface area contributed by atoms with Gasteiger partial charge in [0.1, 0.15) is 5.75 Å². The first-order chi connectivity index (χ1) is 8.75. The van der Waals surface area contributed by atoms with Crippen LogP contribution in [0.1, 0.15) is 17.5 Å². The third kappa shape index (κ3) is 3.88. The topological polar surface area (TPSA) is 9.23 Å². The Kier molecular flexibility index (Phi) is 4.82. The van der Waals surface area contributed by atoms with Crippen molar-refractivity contribution in [3.8, 4) is 5.75 Å². The monoisotopic (exact) mass is 304 g/mol. The molecule has 0 saturated carbocycles. The molecule has 0 fully saturated rings. The summed E-state index contributed by atoms with van der Waals surface area (Å²) in [5.41, 5.74) is 2.70. The first kappa shape index (κ1) is 13.2. The average molecular weight is 305 g/mol. The van der Waals surface area contributed by atoms with Crippen molar-refractivity contribution < 1.29 is 4.74 Å². The predicted molar refractivity (Wildman–Crippen MR) is 79.1 cm³/mol. The van der Waals surface area contributed by atoms with Crippen LogP contribution in [0.2, 0.25) is 0 Å². The van der Waals surface area contributed by atoms with Gasteiger partial charge in [0.05, 0.1) is 11.1 Å². The van der Waals surface area contributed by atoms with Crippen molar-refractivity contribution >= 4 is 15.9 Å². The minimum atomic E-state index is 0.747. The van der Waals surface area contributed by atoms with E-state index >= 15 is 0 Å². The molecule has 0 atom stereocenters. The summed E-state index contributed by atoms with van der Waals surface area (Å²) < 4.78 is 6.76. The van der Waals surface area contributed by atoms with Gasteiger partial charge < -0.3 is 4.74 Å². The zero-order chi connectivity index (χ0) is 12.8. The molecule has 0 heterocycles. The van der Waals surface area contributed by atoms with Gasteiger partial charge in [-0.2, -0.15) is 0 Å². The summed E-state index contributed by atoms with van der Waals surface area (Å²) in [4.78, 5) is 0. The molecule has 2 aromatic rings. The molecule has 0 radical (unpaired) electrons. The molecule has 0 aliphatic carbocycles. The fourth-order valence-electron chi connectivity index (χ4n) is 1.89. The highest BCUT2D eigenvalue weighted by Crippen LogP contribution is 2.23. The van der Waals surface area contributed by atoms with E-state index in [1.165, 1.54) is 11.1 Å². The van der Waals surface area contributed by atoms with E-state index in [0.717, 1.165) is 29.7 Å². The van der Waals surface area contributed by atoms with Crippen molar-refractivity contribution in [1.82, 2.24) is 0 Å². The first-order valence-corrected chi connectivity index (χ1v) is 6.98. The molecule has 2 heteroatoms. The van der Waals surface area contributed by atoms with Crippen LogP contribution in [0.5, 0.6) is 5.75 Å². The van der Waals surface area contributed by atoms with E-state index in [-0.39, 0.29) is 0 Å². The molecular formula is C16H17BrO. The Morgan fingerprint density at radius 3 is 2.67 bits per heavy atom. The molecule has 0 unspecified atom stereocenters. The van der Waals surface area contributed by atoms with Crippen LogP contribution in [0.15, 0.2) is 53.0 Å². The van der Waals surface area contributed by atoms with E-state index in [2.05, 4.69) is 47.1 Å². The summed E-state index contributed by atoms with van der Waals surface area (Å²) in [6, 6.07) is 16.6. The van der Waals surface area contributed by atoms with Crippen molar-refractivity contribution in [1.29, 1.82) is 0 Å². The Bertz CT molecular complexity index is 508.